The van der Waals surface area contributed by atoms with Crippen molar-refractivity contribution in [3.8, 4) is 0 Å². The Balaban J connectivity index is 4.22. The van der Waals surface area contributed by atoms with Crippen molar-refractivity contribution in [3.63, 3.8) is 0 Å². The van der Waals surface area contributed by atoms with Gasteiger partial charge in [0.25, 0.3) is 0 Å². The summed E-state index contributed by atoms with van der Waals surface area (Å²) in [6.45, 7) is 8.92. The maximum absolute atomic E-state index is 9.78. The first-order valence-electron chi connectivity index (χ1n) is 4.18. The number of aliphatic hydroxyl groups is 1. The van der Waals surface area contributed by atoms with E-state index in [2.05, 4.69) is 27.9 Å². The average Bonchev–Trinajstić information content (AvgIpc) is 1.56. The summed E-state index contributed by atoms with van der Waals surface area (Å²) in [5, 5.41) is 9.78. The molecule has 68 valence electrons. The summed E-state index contributed by atoms with van der Waals surface area (Å²) in [6, 6.07) is 0. The fourth-order valence-corrected chi connectivity index (χ4v) is 1.10. The van der Waals surface area contributed by atoms with E-state index >= 15 is 0 Å². The van der Waals surface area contributed by atoms with Crippen LogP contribution < -0.4 is 4.90 Å². The Bertz CT molecular complexity index is 122. The first kappa shape index (κ1) is 10.9. The molecular formula is C9H22NO+. The van der Waals surface area contributed by atoms with Crippen molar-refractivity contribution >= 4 is 0 Å². The molecule has 0 saturated heterocycles. The first-order valence-corrected chi connectivity index (χ1v) is 4.18. The van der Waals surface area contributed by atoms with E-state index < -0.39 is 5.60 Å². The fourth-order valence-electron chi connectivity index (χ4n) is 1.10. The van der Waals surface area contributed by atoms with Gasteiger partial charge in [-0.2, -0.15) is 0 Å². The highest BCUT2D eigenvalue weighted by atomic mass is 16.3. The topological polar surface area (TPSA) is 24.7 Å². The zero-order valence-electron chi connectivity index (χ0n) is 8.65. The van der Waals surface area contributed by atoms with Crippen LogP contribution in [0.5, 0.6) is 0 Å². The molecule has 0 aliphatic heterocycles. The molecule has 0 aliphatic carbocycles. The van der Waals surface area contributed by atoms with Gasteiger partial charge in [-0.25, -0.2) is 0 Å². The van der Waals surface area contributed by atoms with Gasteiger partial charge in [0.05, 0.1) is 26.2 Å². The lowest BCUT2D eigenvalue weighted by molar-refractivity contribution is -0.866. The third-order valence-corrected chi connectivity index (χ3v) is 2.45. The monoisotopic (exact) mass is 160 g/mol. The van der Waals surface area contributed by atoms with Gasteiger partial charge >= 0.3 is 0 Å². The lowest BCUT2D eigenvalue weighted by Gasteiger charge is -2.37. The fraction of sp³-hybridized carbons (Fsp3) is 1.00. The van der Waals surface area contributed by atoms with Gasteiger partial charge in [0.2, 0.25) is 0 Å². The molecule has 0 spiro atoms. The van der Waals surface area contributed by atoms with Crippen LogP contribution in [0.3, 0.4) is 0 Å². The van der Waals surface area contributed by atoms with Gasteiger partial charge in [-0.1, -0.05) is 13.8 Å². The van der Waals surface area contributed by atoms with E-state index in [4.69, 9.17) is 0 Å². The molecule has 0 aromatic carbocycles. The highest BCUT2D eigenvalue weighted by molar-refractivity contribution is 4.84. The summed E-state index contributed by atoms with van der Waals surface area (Å²) in [6.07, 6.45) is 0. The Hall–Kier alpha value is -0.0800. The summed E-state index contributed by atoms with van der Waals surface area (Å²) in [5.74, 6) is 0. The molecule has 2 nitrogen and oxygen atoms in total. The normalized spacial score (nSPS) is 14.2. The summed E-state index contributed by atoms with van der Waals surface area (Å²) in [4.78, 5) is 1.37. The molecule has 0 bridgehead atoms. The van der Waals surface area contributed by atoms with E-state index in [0.717, 1.165) is 6.54 Å². The van der Waals surface area contributed by atoms with E-state index in [1.807, 2.05) is 13.8 Å². The standard InChI is InChI=1S/C9H21NO/c1-8(2,7-10(5)6)9(3,4)11/h11H,7H2,1-6H3/p+1. The van der Waals surface area contributed by atoms with Crippen molar-refractivity contribution < 1.29 is 10.0 Å². The minimum atomic E-state index is -0.593. The number of hydrogen-bond acceptors (Lipinski definition) is 1. The van der Waals surface area contributed by atoms with Crippen molar-refractivity contribution in [2.24, 2.45) is 5.41 Å². The molecule has 0 aromatic rings. The van der Waals surface area contributed by atoms with Crippen molar-refractivity contribution in [2.45, 2.75) is 33.3 Å². The third-order valence-electron chi connectivity index (χ3n) is 2.45. The van der Waals surface area contributed by atoms with E-state index in [1.165, 1.54) is 4.90 Å². The molecule has 0 fully saturated rings. The maximum Gasteiger partial charge on any atom is 0.0846 e. The predicted molar refractivity (Wildman–Crippen MR) is 47.8 cm³/mol. The second-order valence-corrected chi connectivity index (χ2v) is 4.83. The Labute approximate surface area is 70.2 Å². The van der Waals surface area contributed by atoms with Gasteiger partial charge in [0.15, 0.2) is 0 Å². The molecule has 2 N–H and O–H groups in total. The molecule has 0 aliphatic rings. The largest absolute Gasteiger partial charge is 0.390 e. The molecule has 0 radical (unpaired) electrons. The summed E-state index contributed by atoms with van der Waals surface area (Å²) >= 11 is 0. The Morgan fingerprint density at radius 2 is 1.45 bits per heavy atom. The van der Waals surface area contributed by atoms with Gasteiger partial charge < -0.3 is 10.0 Å². The summed E-state index contributed by atoms with van der Waals surface area (Å²) in [5.41, 5.74) is -0.615. The molecule has 0 rings (SSSR count). The van der Waals surface area contributed by atoms with Crippen LogP contribution in [-0.2, 0) is 0 Å². The van der Waals surface area contributed by atoms with Crippen LogP contribution in [0.2, 0.25) is 0 Å². The molecule has 0 saturated carbocycles. The van der Waals surface area contributed by atoms with Crippen LogP contribution in [-0.4, -0.2) is 31.3 Å². The minimum Gasteiger partial charge on any atom is -0.390 e. The van der Waals surface area contributed by atoms with E-state index in [9.17, 15) is 5.11 Å². The summed E-state index contributed by atoms with van der Waals surface area (Å²) in [7, 11) is 4.21. The van der Waals surface area contributed by atoms with Crippen LogP contribution in [0, 0.1) is 5.41 Å². The molecule has 2 heteroatoms. The van der Waals surface area contributed by atoms with Crippen molar-refractivity contribution in [3.05, 3.63) is 0 Å². The lowest BCUT2D eigenvalue weighted by atomic mass is 9.77. The molecule has 0 heterocycles. The van der Waals surface area contributed by atoms with Gasteiger partial charge in [0.1, 0.15) is 0 Å². The number of hydrogen-bond donors (Lipinski definition) is 2. The van der Waals surface area contributed by atoms with Crippen molar-refractivity contribution in [1.29, 1.82) is 0 Å². The highest BCUT2D eigenvalue weighted by Gasteiger charge is 2.37. The maximum atomic E-state index is 9.78. The highest BCUT2D eigenvalue weighted by Crippen LogP contribution is 2.28. The number of nitrogens with one attached hydrogen (secondary N) is 1. The quantitative estimate of drug-likeness (QED) is 0.593. The van der Waals surface area contributed by atoms with Crippen LogP contribution in [0.15, 0.2) is 0 Å². The van der Waals surface area contributed by atoms with Crippen LogP contribution >= 0.6 is 0 Å². The Morgan fingerprint density at radius 1 is 1.09 bits per heavy atom. The Kier molecular flexibility index (Phi) is 3.09. The first-order chi connectivity index (χ1) is 4.67. The average molecular weight is 160 g/mol. The molecule has 0 amide bonds. The van der Waals surface area contributed by atoms with Crippen LogP contribution in [0.4, 0.5) is 0 Å². The molecule has 0 aromatic heterocycles. The van der Waals surface area contributed by atoms with Crippen molar-refractivity contribution in [2.75, 3.05) is 20.6 Å². The van der Waals surface area contributed by atoms with E-state index in [1.54, 1.807) is 0 Å². The molecule has 11 heavy (non-hydrogen) atoms. The van der Waals surface area contributed by atoms with Crippen LogP contribution in [0.1, 0.15) is 27.7 Å². The van der Waals surface area contributed by atoms with Gasteiger partial charge in [0, 0.05) is 5.41 Å². The van der Waals surface area contributed by atoms with Gasteiger partial charge in [-0.05, 0) is 13.8 Å². The second kappa shape index (κ2) is 3.11. The zero-order valence-corrected chi connectivity index (χ0v) is 8.65. The second-order valence-electron chi connectivity index (χ2n) is 4.83. The molecule has 0 atom stereocenters. The van der Waals surface area contributed by atoms with Gasteiger partial charge in [-0.3, -0.25) is 0 Å². The van der Waals surface area contributed by atoms with Crippen LogP contribution in [0.25, 0.3) is 0 Å². The zero-order chi connectivity index (χ0) is 9.28. The summed E-state index contributed by atoms with van der Waals surface area (Å²) < 4.78 is 0. The third kappa shape index (κ3) is 3.21. The smallest absolute Gasteiger partial charge is 0.0846 e. The van der Waals surface area contributed by atoms with E-state index in [-0.39, 0.29) is 5.41 Å². The van der Waals surface area contributed by atoms with Gasteiger partial charge in [-0.15, -0.1) is 0 Å². The molecule has 0 unspecified atom stereocenters. The lowest BCUT2D eigenvalue weighted by Crippen LogP contribution is -3.07. The number of quaternary nitrogens is 1. The SMILES string of the molecule is C[NH+](C)CC(C)(C)C(C)(C)O. The predicted octanol–water partition coefficient (Wildman–Crippen LogP) is -0.0720. The molecular weight excluding hydrogens is 138 g/mol. The minimum absolute atomic E-state index is 0.0220. The number of rotatable bonds is 3. The van der Waals surface area contributed by atoms with E-state index in [0.29, 0.717) is 0 Å². The van der Waals surface area contributed by atoms with Crippen molar-refractivity contribution in [1.82, 2.24) is 0 Å². The Morgan fingerprint density at radius 3 is 1.55 bits per heavy atom.